The Bertz CT molecular complexity index is 479. The largest absolute Gasteiger partial charge is 0.328 e. The second-order valence-electron chi connectivity index (χ2n) is 2.54. The van der Waals surface area contributed by atoms with E-state index in [1.807, 2.05) is 0 Å². The van der Waals surface area contributed by atoms with E-state index in [-0.39, 0.29) is 5.56 Å². The maximum Gasteiger partial charge on any atom is 0.271 e. The number of pyridine rings is 1. The van der Waals surface area contributed by atoms with Gasteiger partial charge in [-0.05, 0) is 22.0 Å². The first-order valence-corrected chi connectivity index (χ1v) is 5.97. The molecule has 0 amide bonds. The van der Waals surface area contributed by atoms with Crippen LogP contribution < -0.4 is 5.56 Å². The van der Waals surface area contributed by atoms with Crippen LogP contribution in [0.5, 0.6) is 0 Å². The van der Waals surface area contributed by atoms with Crippen molar-refractivity contribution in [1.82, 2.24) is 4.98 Å². The summed E-state index contributed by atoms with van der Waals surface area (Å²) in [4.78, 5) is 13.6. The van der Waals surface area contributed by atoms with Crippen molar-refractivity contribution in [2.75, 3.05) is 7.11 Å². The predicted molar refractivity (Wildman–Crippen MR) is 54.4 cm³/mol. The summed E-state index contributed by atoms with van der Waals surface area (Å²) in [6.07, 6.45) is 1.44. The third-order valence-corrected chi connectivity index (χ3v) is 3.16. The topological polar surface area (TPSA) is 76.2 Å². The Hall–Kier alpha value is -0.660. The number of rotatable bonds is 3. The third kappa shape index (κ3) is 2.93. The lowest BCUT2D eigenvalue weighted by molar-refractivity contribution is 0.397. The molecule has 1 heterocycles. The van der Waals surface area contributed by atoms with Gasteiger partial charge in [-0.1, -0.05) is 0 Å². The van der Waals surface area contributed by atoms with Crippen LogP contribution in [0, 0.1) is 0 Å². The average Bonchev–Trinajstić information content (AvgIpc) is 2.11. The van der Waals surface area contributed by atoms with E-state index in [1.54, 1.807) is 0 Å². The van der Waals surface area contributed by atoms with E-state index < -0.39 is 21.4 Å². The summed E-state index contributed by atoms with van der Waals surface area (Å²) in [6, 6.07) is 1.44. The highest BCUT2D eigenvalue weighted by Gasteiger charge is 2.13. The molecule has 0 aliphatic carbocycles. The fourth-order valence-corrected chi connectivity index (χ4v) is 1.96. The minimum Gasteiger partial charge on any atom is -0.328 e. The van der Waals surface area contributed by atoms with Crippen molar-refractivity contribution in [1.29, 1.82) is 0 Å². The molecule has 0 radical (unpaired) electrons. The first kappa shape index (κ1) is 11.4. The van der Waals surface area contributed by atoms with E-state index in [9.17, 15) is 13.2 Å². The summed E-state index contributed by atoms with van der Waals surface area (Å²) in [5.74, 6) is -0.432. The van der Waals surface area contributed by atoms with Crippen LogP contribution in [-0.4, -0.2) is 20.5 Å². The summed E-state index contributed by atoms with van der Waals surface area (Å²) < 4.78 is 26.9. The zero-order valence-corrected chi connectivity index (χ0v) is 9.68. The van der Waals surface area contributed by atoms with Crippen molar-refractivity contribution < 1.29 is 12.6 Å². The molecule has 0 spiro atoms. The highest BCUT2D eigenvalue weighted by Crippen LogP contribution is 2.09. The van der Waals surface area contributed by atoms with Crippen molar-refractivity contribution in [2.24, 2.45) is 0 Å². The Kier molecular flexibility index (Phi) is 3.46. The van der Waals surface area contributed by atoms with Gasteiger partial charge in [0.1, 0.15) is 5.75 Å². The van der Waals surface area contributed by atoms with Gasteiger partial charge in [-0.15, -0.1) is 0 Å². The highest BCUT2D eigenvalue weighted by atomic mass is 79.9. The first-order valence-electron chi connectivity index (χ1n) is 3.60. The molecule has 0 aromatic carbocycles. The molecule has 14 heavy (non-hydrogen) atoms. The monoisotopic (exact) mass is 281 g/mol. The molecule has 1 rings (SSSR count). The van der Waals surface area contributed by atoms with E-state index in [2.05, 4.69) is 25.1 Å². The van der Waals surface area contributed by atoms with E-state index in [0.717, 1.165) is 7.11 Å². The first-order chi connectivity index (χ1) is 6.44. The van der Waals surface area contributed by atoms with Crippen LogP contribution >= 0.6 is 15.9 Å². The normalized spacial score (nSPS) is 11.6. The number of H-pyrrole nitrogens is 1. The Morgan fingerprint density at radius 2 is 2.21 bits per heavy atom. The Morgan fingerprint density at radius 3 is 2.79 bits per heavy atom. The number of hydrogen-bond donors (Lipinski definition) is 1. The van der Waals surface area contributed by atoms with Crippen molar-refractivity contribution in [3.63, 3.8) is 0 Å². The number of nitrogens with one attached hydrogen (secondary N) is 1. The number of halogens is 1. The predicted octanol–water partition coefficient (Wildman–Crippen LogP) is 0.614. The molecule has 7 heteroatoms. The average molecular weight is 282 g/mol. The second kappa shape index (κ2) is 4.24. The maximum absolute atomic E-state index is 11.2. The Balaban J connectivity index is 3.10. The van der Waals surface area contributed by atoms with Gasteiger partial charge in [0.15, 0.2) is 0 Å². The molecule has 0 aliphatic rings. The van der Waals surface area contributed by atoms with Crippen LogP contribution in [0.3, 0.4) is 0 Å². The van der Waals surface area contributed by atoms with E-state index in [0.29, 0.717) is 4.47 Å². The molecule has 78 valence electrons. The quantitative estimate of drug-likeness (QED) is 0.824. The number of hydrogen-bond acceptors (Lipinski definition) is 4. The summed E-state index contributed by atoms with van der Waals surface area (Å²) in [6.45, 7) is 0. The van der Waals surface area contributed by atoms with Crippen LogP contribution in [0.15, 0.2) is 21.5 Å². The molecule has 0 saturated carbocycles. The molecule has 0 atom stereocenters. The summed E-state index contributed by atoms with van der Waals surface area (Å²) in [7, 11) is -2.60. The summed E-state index contributed by atoms with van der Waals surface area (Å²) in [5.41, 5.74) is -0.296. The van der Waals surface area contributed by atoms with Crippen LogP contribution in [-0.2, 0) is 20.1 Å². The zero-order chi connectivity index (χ0) is 10.8. The SMILES string of the molecule is COS(=O)(=O)Cc1cc(Br)c[nH]c1=O. The van der Waals surface area contributed by atoms with Crippen molar-refractivity contribution >= 4 is 26.0 Å². The van der Waals surface area contributed by atoms with Crippen molar-refractivity contribution in [3.8, 4) is 0 Å². The molecule has 0 aliphatic heterocycles. The van der Waals surface area contributed by atoms with Gasteiger partial charge in [0.25, 0.3) is 15.7 Å². The van der Waals surface area contributed by atoms with Gasteiger partial charge >= 0.3 is 0 Å². The molecule has 0 fully saturated rings. The molecule has 1 aromatic heterocycles. The molecular weight excluding hydrogens is 274 g/mol. The molecule has 0 saturated heterocycles. The fraction of sp³-hybridized carbons (Fsp3) is 0.286. The van der Waals surface area contributed by atoms with Crippen molar-refractivity contribution in [2.45, 2.75) is 5.75 Å². The van der Waals surface area contributed by atoms with Gasteiger partial charge < -0.3 is 4.98 Å². The van der Waals surface area contributed by atoms with Gasteiger partial charge in [0.05, 0.1) is 7.11 Å². The molecular formula is C7H8BrNO4S. The van der Waals surface area contributed by atoms with Crippen LogP contribution in [0.25, 0.3) is 0 Å². The molecule has 5 nitrogen and oxygen atoms in total. The molecule has 0 unspecified atom stereocenters. The third-order valence-electron chi connectivity index (χ3n) is 1.53. The van der Waals surface area contributed by atoms with E-state index in [4.69, 9.17) is 0 Å². The standard InChI is InChI=1S/C7H8BrNO4S/c1-13-14(11,12)4-5-2-6(8)3-9-7(5)10/h2-3H,4H2,1H3,(H,9,10). The smallest absolute Gasteiger partial charge is 0.271 e. The zero-order valence-electron chi connectivity index (χ0n) is 7.28. The van der Waals surface area contributed by atoms with Gasteiger partial charge in [-0.2, -0.15) is 8.42 Å². The van der Waals surface area contributed by atoms with Crippen LogP contribution in [0.2, 0.25) is 0 Å². The second-order valence-corrected chi connectivity index (χ2v) is 5.19. The van der Waals surface area contributed by atoms with Crippen molar-refractivity contribution in [3.05, 3.63) is 32.7 Å². The van der Waals surface area contributed by atoms with E-state index in [1.165, 1.54) is 12.3 Å². The minimum absolute atomic E-state index is 0.140. The Labute approximate surface area is 89.4 Å². The summed E-state index contributed by atoms with van der Waals surface area (Å²) in [5, 5.41) is 0. The maximum atomic E-state index is 11.2. The summed E-state index contributed by atoms with van der Waals surface area (Å²) >= 11 is 3.12. The number of aromatic nitrogens is 1. The fourth-order valence-electron chi connectivity index (χ4n) is 0.857. The van der Waals surface area contributed by atoms with E-state index >= 15 is 0 Å². The molecule has 1 aromatic rings. The van der Waals surface area contributed by atoms with Gasteiger partial charge in [0, 0.05) is 16.2 Å². The minimum atomic E-state index is -3.65. The van der Waals surface area contributed by atoms with Gasteiger partial charge in [-0.25, -0.2) is 0 Å². The highest BCUT2D eigenvalue weighted by molar-refractivity contribution is 9.10. The molecule has 0 bridgehead atoms. The van der Waals surface area contributed by atoms with Gasteiger partial charge in [0.2, 0.25) is 0 Å². The van der Waals surface area contributed by atoms with Gasteiger partial charge in [-0.3, -0.25) is 8.98 Å². The lowest BCUT2D eigenvalue weighted by Gasteiger charge is -2.00. The lowest BCUT2D eigenvalue weighted by Crippen LogP contribution is -2.16. The van der Waals surface area contributed by atoms with Crippen LogP contribution in [0.4, 0.5) is 0 Å². The Morgan fingerprint density at radius 1 is 1.57 bits per heavy atom. The van der Waals surface area contributed by atoms with Crippen LogP contribution in [0.1, 0.15) is 5.56 Å². The molecule has 1 N–H and O–H groups in total. The number of aromatic amines is 1. The lowest BCUT2D eigenvalue weighted by atomic mass is 10.3.